The van der Waals surface area contributed by atoms with Gasteiger partial charge in [0.05, 0.1) is 0 Å². The van der Waals surface area contributed by atoms with Gasteiger partial charge < -0.3 is 19.1 Å². The molecule has 0 aliphatic carbocycles. The number of likely N-dealkylation sites (N-methyl/N-ethyl adjacent to an activating group) is 1. The van der Waals surface area contributed by atoms with Crippen LogP contribution in [0.2, 0.25) is 0 Å². The summed E-state index contributed by atoms with van der Waals surface area (Å²) in [5, 5.41) is 0. The number of benzene rings is 2. The molecule has 2 aromatic rings. The molecule has 1 aliphatic rings. The Balaban J connectivity index is 1.52. The number of para-hydroxylation sites is 2. The minimum absolute atomic E-state index is 0.281. The van der Waals surface area contributed by atoms with E-state index in [9.17, 15) is 14.0 Å². The van der Waals surface area contributed by atoms with Gasteiger partial charge in [0, 0.05) is 13.6 Å². The first-order valence-corrected chi connectivity index (χ1v) is 8.51. The minimum atomic E-state index is -0.949. The van der Waals surface area contributed by atoms with Gasteiger partial charge in [0.25, 0.3) is 5.91 Å². The molecular formula is C20H20FNO5. The summed E-state index contributed by atoms with van der Waals surface area (Å²) in [5.41, 5.74) is 0.771. The van der Waals surface area contributed by atoms with Gasteiger partial charge in [0.15, 0.2) is 18.1 Å². The maximum atomic E-state index is 12.9. The van der Waals surface area contributed by atoms with Crippen molar-refractivity contribution in [2.45, 2.75) is 25.7 Å². The predicted molar refractivity (Wildman–Crippen MR) is 94.8 cm³/mol. The molecule has 0 N–H and O–H groups in total. The molecule has 0 aromatic heterocycles. The number of hydrogen-bond donors (Lipinski definition) is 0. The van der Waals surface area contributed by atoms with Crippen molar-refractivity contribution in [1.29, 1.82) is 0 Å². The highest BCUT2D eigenvalue weighted by Gasteiger charge is 2.35. The number of esters is 1. The summed E-state index contributed by atoms with van der Waals surface area (Å²) in [6, 6.07) is 12.9. The van der Waals surface area contributed by atoms with E-state index in [1.807, 2.05) is 6.07 Å². The molecule has 6 nitrogen and oxygen atoms in total. The lowest BCUT2D eigenvalue weighted by molar-refractivity contribution is -0.162. The van der Waals surface area contributed by atoms with Crippen LogP contribution in [0.5, 0.6) is 11.5 Å². The fraction of sp³-hybridized carbons (Fsp3) is 0.300. The highest BCUT2D eigenvalue weighted by atomic mass is 19.1. The molecule has 2 unspecified atom stereocenters. The van der Waals surface area contributed by atoms with Gasteiger partial charge >= 0.3 is 5.97 Å². The highest BCUT2D eigenvalue weighted by molar-refractivity contribution is 5.82. The Bertz CT molecular complexity index is 823. The second-order valence-electron chi connectivity index (χ2n) is 6.29. The van der Waals surface area contributed by atoms with Gasteiger partial charge in [-0.05, 0) is 36.8 Å². The standard InChI is InChI=1S/C20H20FNO5/c1-13-19(27-17-6-4-3-5-16(17)26-13)20(24)25-12-18(23)22(2)11-14-7-9-15(21)10-8-14/h3-10,13,19H,11-12H2,1-2H3. The van der Waals surface area contributed by atoms with Crippen LogP contribution in [0, 0.1) is 5.82 Å². The number of rotatable bonds is 5. The summed E-state index contributed by atoms with van der Waals surface area (Å²) in [7, 11) is 1.58. The van der Waals surface area contributed by atoms with E-state index in [-0.39, 0.29) is 18.3 Å². The quantitative estimate of drug-likeness (QED) is 0.754. The molecule has 1 heterocycles. The molecule has 0 saturated heterocycles. The molecule has 1 aliphatic heterocycles. The van der Waals surface area contributed by atoms with E-state index < -0.39 is 24.8 Å². The first kappa shape index (κ1) is 18.7. The fourth-order valence-corrected chi connectivity index (χ4v) is 2.66. The van der Waals surface area contributed by atoms with Crippen LogP contribution in [0.25, 0.3) is 0 Å². The average Bonchev–Trinajstić information content (AvgIpc) is 2.67. The van der Waals surface area contributed by atoms with Crippen molar-refractivity contribution in [2.24, 2.45) is 0 Å². The minimum Gasteiger partial charge on any atom is -0.482 e. The summed E-state index contributed by atoms with van der Waals surface area (Å²) >= 11 is 0. The lowest BCUT2D eigenvalue weighted by Gasteiger charge is -2.30. The molecule has 2 atom stereocenters. The van der Waals surface area contributed by atoms with Gasteiger partial charge in [-0.25, -0.2) is 9.18 Å². The maximum absolute atomic E-state index is 12.9. The molecule has 0 fully saturated rings. The molecule has 142 valence electrons. The first-order valence-electron chi connectivity index (χ1n) is 8.51. The van der Waals surface area contributed by atoms with E-state index in [0.717, 1.165) is 5.56 Å². The highest BCUT2D eigenvalue weighted by Crippen LogP contribution is 2.33. The maximum Gasteiger partial charge on any atom is 0.351 e. The number of ether oxygens (including phenoxy) is 3. The van der Waals surface area contributed by atoms with Crippen LogP contribution in [-0.4, -0.2) is 42.6 Å². The van der Waals surface area contributed by atoms with Crippen LogP contribution in [-0.2, 0) is 20.9 Å². The number of halogens is 1. The van der Waals surface area contributed by atoms with E-state index in [1.54, 1.807) is 44.3 Å². The number of hydrogen-bond acceptors (Lipinski definition) is 5. The van der Waals surface area contributed by atoms with Crippen LogP contribution in [0.4, 0.5) is 4.39 Å². The summed E-state index contributed by atoms with van der Waals surface area (Å²) in [4.78, 5) is 25.9. The predicted octanol–water partition coefficient (Wildman–Crippen LogP) is 2.56. The van der Waals surface area contributed by atoms with Gasteiger partial charge in [-0.3, -0.25) is 4.79 Å². The fourth-order valence-electron chi connectivity index (χ4n) is 2.66. The van der Waals surface area contributed by atoms with Crippen LogP contribution in [0.15, 0.2) is 48.5 Å². The lowest BCUT2D eigenvalue weighted by Crippen LogP contribution is -2.45. The Kier molecular flexibility index (Phi) is 5.59. The Morgan fingerprint density at radius 1 is 1.07 bits per heavy atom. The van der Waals surface area contributed by atoms with E-state index in [1.165, 1.54) is 17.0 Å². The number of carbonyl (C=O) groups is 2. The molecule has 1 amide bonds. The Labute approximate surface area is 156 Å². The van der Waals surface area contributed by atoms with Crippen LogP contribution in [0.3, 0.4) is 0 Å². The van der Waals surface area contributed by atoms with Crippen molar-refractivity contribution in [3.63, 3.8) is 0 Å². The first-order chi connectivity index (χ1) is 12.9. The normalized spacial score (nSPS) is 17.9. The molecule has 7 heteroatoms. The average molecular weight is 373 g/mol. The summed E-state index contributed by atoms with van der Waals surface area (Å²) < 4.78 is 29.3. The summed E-state index contributed by atoms with van der Waals surface area (Å²) in [6.45, 7) is 1.57. The van der Waals surface area contributed by atoms with E-state index in [2.05, 4.69) is 0 Å². The number of carbonyl (C=O) groups excluding carboxylic acids is 2. The van der Waals surface area contributed by atoms with Gasteiger partial charge in [0.1, 0.15) is 11.9 Å². The van der Waals surface area contributed by atoms with Crippen LogP contribution < -0.4 is 9.47 Å². The number of fused-ring (bicyclic) bond motifs is 1. The van der Waals surface area contributed by atoms with Crippen LogP contribution in [0.1, 0.15) is 12.5 Å². The SMILES string of the molecule is CC1Oc2ccccc2OC1C(=O)OCC(=O)N(C)Cc1ccc(F)cc1. The molecule has 0 spiro atoms. The van der Waals surface area contributed by atoms with Crippen LogP contribution >= 0.6 is 0 Å². The zero-order valence-electron chi connectivity index (χ0n) is 15.1. The largest absolute Gasteiger partial charge is 0.482 e. The third-order valence-electron chi connectivity index (χ3n) is 4.17. The van der Waals surface area contributed by atoms with Crippen molar-refractivity contribution in [3.05, 3.63) is 59.9 Å². The number of amides is 1. The molecule has 27 heavy (non-hydrogen) atoms. The van der Waals surface area contributed by atoms with E-state index in [4.69, 9.17) is 14.2 Å². The van der Waals surface area contributed by atoms with Gasteiger partial charge in [0.2, 0.25) is 6.10 Å². The third-order valence-corrected chi connectivity index (χ3v) is 4.17. The van der Waals surface area contributed by atoms with Gasteiger partial charge in [-0.2, -0.15) is 0 Å². The molecular weight excluding hydrogens is 353 g/mol. The molecule has 0 radical (unpaired) electrons. The van der Waals surface area contributed by atoms with Crippen molar-refractivity contribution in [2.75, 3.05) is 13.7 Å². The second kappa shape index (κ2) is 8.07. The molecule has 0 saturated carbocycles. The molecule has 2 aromatic carbocycles. The number of nitrogens with zero attached hydrogens (tertiary/aromatic N) is 1. The summed E-state index contributed by atoms with van der Waals surface area (Å²) in [5.74, 6) is -0.369. The zero-order valence-corrected chi connectivity index (χ0v) is 15.1. The molecule has 0 bridgehead atoms. The molecule has 3 rings (SSSR count). The van der Waals surface area contributed by atoms with E-state index >= 15 is 0 Å². The monoisotopic (exact) mass is 373 g/mol. The van der Waals surface area contributed by atoms with E-state index in [0.29, 0.717) is 11.5 Å². The third kappa shape index (κ3) is 4.55. The topological polar surface area (TPSA) is 65.1 Å². The Morgan fingerprint density at radius 2 is 1.70 bits per heavy atom. The van der Waals surface area contributed by atoms with Gasteiger partial charge in [-0.1, -0.05) is 24.3 Å². The van der Waals surface area contributed by atoms with Crippen molar-refractivity contribution < 1.29 is 28.2 Å². The van der Waals surface area contributed by atoms with Crippen molar-refractivity contribution in [1.82, 2.24) is 4.90 Å². The smallest absolute Gasteiger partial charge is 0.351 e. The zero-order chi connectivity index (χ0) is 19.4. The summed E-state index contributed by atoms with van der Waals surface area (Å²) in [6.07, 6.45) is -1.49. The lowest BCUT2D eigenvalue weighted by atomic mass is 10.2. The van der Waals surface area contributed by atoms with Gasteiger partial charge in [-0.15, -0.1) is 0 Å². The van der Waals surface area contributed by atoms with Crippen molar-refractivity contribution >= 4 is 11.9 Å². The van der Waals surface area contributed by atoms with Crippen molar-refractivity contribution in [3.8, 4) is 11.5 Å². The Hall–Kier alpha value is -3.09. The Morgan fingerprint density at radius 3 is 2.37 bits per heavy atom. The second-order valence-corrected chi connectivity index (χ2v) is 6.29.